The largest absolute Gasteiger partial charge is 0.350 e. The van der Waals surface area contributed by atoms with Gasteiger partial charge < -0.3 is 5.32 Å². The molecule has 2 aromatic carbocycles. The Bertz CT molecular complexity index is 1190. The van der Waals surface area contributed by atoms with Gasteiger partial charge in [-0.15, -0.1) is 0 Å². The molecular formula is C23H24FN3O3S. The van der Waals surface area contributed by atoms with E-state index < -0.39 is 9.84 Å². The van der Waals surface area contributed by atoms with E-state index in [0.29, 0.717) is 19.4 Å². The van der Waals surface area contributed by atoms with Crippen molar-refractivity contribution in [3.63, 3.8) is 0 Å². The van der Waals surface area contributed by atoms with Crippen LogP contribution in [-0.4, -0.2) is 42.2 Å². The minimum atomic E-state index is -3.10. The van der Waals surface area contributed by atoms with Gasteiger partial charge in [0, 0.05) is 6.54 Å². The van der Waals surface area contributed by atoms with Crippen molar-refractivity contribution in [2.75, 3.05) is 18.1 Å². The third-order valence-electron chi connectivity index (χ3n) is 5.48. The van der Waals surface area contributed by atoms with E-state index in [2.05, 4.69) is 10.4 Å². The second kappa shape index (κ2) is 8.63. The van der Waals surface area contributed by atoms with Gasteiger partial charge in [-0.1, -0.05) is 42.0 Å². The number of halogens is 1. The van der Waals surface area contributed by atoms with Crippen LogP contribution in [-0.2, 0) is 16.3 Å². The zero-order valence-corrected chi connectivity index (χ0v) is 18.0. The first-order valence-corrected chi connectivity index (χ1v) is 12.0. The topological polar surface area (TPSA) is 81.1 Å². The highest BCUT2D eigenvalue weighted by Gasteiger charge is 2.32. The van der Waals surface area contributed by atoms with Crippen LogP contribution in [0.25, 0.3) is 11.3 Å². The molecule has 0 unspecified atom stereocenters. The van der Waals surface area contributed by atoms with Gasteiger partial charge in [0.1, 0.15) is 5.82 Å². The maximum absolute atomic E-state index is 13.0. The Hall–Kier alpha value is -3.00. The van der Waals surface area contributed by atoms with Crippen LogP contribution in [0.15, 0.2) is 54.6 Å². The number of hydrogen-bond acceptors (Lipinski definition) is 4. The van der Waals surface area contributed by atoms with Crippen molar-refractivity contribution < 1.29 is 17.6 Å². The van der Waals surface area contributed by atoms with Crippen molar-refractivity contribution >= 4 is 15.7 Å². The number of rotatable bonds is 6. The summed E-state index contributed by atoms with van der Waals surface area (Å²) in [6.07, 6.45) is 1.05. The monoisotopic (exact) mass is 441 g/mol. The van der Waals surface area contributed by atoms with Crippen LogP contribution in [0.2, 0.25) is 0 Å². The van der Waals surface area contributed by atoms with Crippen molar-refractivity contribution in [1.29, 1.82) is 0 Å². The van der Waals surface area contributed by atoms with Crippen molar-refractivity contribution in [3.05, 3.63) is 77.2 Å². The Morgan fingerprint density at radius 2 is 1.87 bits per heavy atom. The van der Waals surface area contributed by atoms with Crippen LogP contribution in [0.1, 0.15) is 34.1 Å². The zero-order chi connectivity index (χ0) is 22.0. The molecule has 2 heterocycles. The van der Waals surface area contributed by atoms with E-state index in [1.807, 2.05) is 31.2 Å². The lowest BCUT2D eigenvalue weighted by Gasteiger charge is -2.13. The maximum atomic E-state index is 13.0. The second-order valence-electron chi connectivity index (χ2n) is 7.91. The summed E-state index contributed by atoms with van der Waals surface area (Å²) in [6, 6.07) is 15.4. The van der Waals surface area contributed by atoms with Gasteiger partial charge in [0.15, 0.2) is 15.5 Å². The van der Waals surface area contributed by atoms with Gasteiger partial charge in [-0.25, -0.2) is 12.8 Å². The second-order valence-corrected chi connectivity index (χ2v) is 10.1. The van der Waals surface area contributed by atoms with Crippen LogP contribution in [0.4, 0.5) is 4.39 Å². The number of nitrogens with zero attached hydrogens (tertiary/aromatic N) is 2. The van der Waals surface area contributed by atoms with Crippen molar-refractivity contribution in [3.8, 4) is 11.3 Å². The number of carbonyl (C=O) groups is 1. The number of hydrogen-bond donors (Lipinski definition) is 1. The molecule has 31 heavy (non-hydrogen) atoms. The van der Waals surface area contributed by atoms with Crippen molar-refractivity contribution in [1.82, 2.24) is 15.1 Å². The molecule has 1 atom stereocenters. The molecule has 1 amide bonds. The molecule has 1 fully saturated rings. The van der Waals surface area contributed by atoms with E-state index in [0.717, 1.165) is 22.4 Å². The first kappa shape index (κ1) is 21.2. The summed E-state index contributed by atoms with van der Waals surface area (Å²) in [5, 5.41) is 7.33. The molecule has 0 saturated carbocycles. The SMILES string of the molecule is Cc1ccc(-c2cc(C(=O)NCCc3ccc(F)cc3)nn2[C@@H]2CCS(=O)(=O)C2)cc1. The highest BCUT2D eigenvalue weighted by Crippen LogP contribution is 2.30. The summed E-state index contributed by atoms with van der Waals surface area (Å²) in [5.74, 6) is -0.463. The maximum Gasteiger partial charge on any atom is 0.271 e. The molecule has 3 aromatic rings. The fourth-order valence-corrected chi connectivity index (χ4v) is 5.45. The van der Waals surface area contributed by atoms with Crippen LogP contribution in [0.5, 0.6) is 0 Å². The van der Waals surface area contributed by atoms with E-state index in [4.69, 9.17) is 0 Å². The van der Waals surface area contributed by atoms with Gasteiger partial charge in [0.2, 0.25) is 0 Å². The fourth-order valence-electron chi connectivity index (χ4n) is 3.75. The summed E-state index contributed by atoms with van der Waals surface area (Å²) in [5.41, 5.74) is 3.89. The van der Waals surface area contributed by atoms with Gasteiger partial charge >= 0.3 is 0 Å². The fraction of sp³-hybridized carbons (Fsp3) is 0.304. The molecule has 1 aromatic heterocycles. The molecule has 162 valence electrons. The summed E-state index contributed by atoms with van der Waals surface area (Å²) in [7, 11) is -3.10. The van der Waals surface area contributed by atoms with Crippen molar-refractivity contribution in [2.45, 2.75) is 25.8 Å². The van der Waals surface area contributed by atoms with Crippen LogP contribution in [0.3, 0.4) is 0 Å². The van der Waals surface area contributed by atoms with E-state index in [9.17, 15) is 17.6 Å². The molecule has 0 bridgehead atoms. The smallest absolute Gasteiger partial charge is 0.271 e. The molecule has 1 aliphatic rings. The molecule has 0 radical (unpaired) electrons. The van der Waals surface area contributed by atoms with Crippen molar-refractivity contribution in [2.24, 2.45) is 0 Å². The summed E-state index contributed by atoms with van der Waals surface area (Å²) in [6.45, 7) is 2.37. The molecule has 0 aliphatic carbocycles. The number of nitrogens with one attached hydrogen (secondary N) is 1. The Morgan fingerprint density at radius 3 is 2.52 bits per heavy atom. The minimum absolute atomic E-state index is 0.0270. The molecular weight excluding hydrogens is 417 g/mol. The van der Waals surface area contributed by atoms with Gasteiger partial charge in [-0.2, -0.15) is 5.10 Å². The Balaban J connectivity index is 1.54. The number of aromatic nitrogens is 2. The lowest BCUT2D eigenvalue weighted by molar-refractivity contribution is 0.0948. The quantitative estimate of drug-likeness (QED) is 0.636. The Morgan fingerprint density at radius 1 is 1.16 bits per heavy atom. The Kier molecular flexibility index (Phi) is 5.91. The number of sulfone groups is 1. The predicted molar refractivity (Wildman–Crippen MR) is 117 cm³/mol. The lowest BCUT2D eigenvalue weighted by Crippen LogP contribution is -2.26. The Labute approximate surface area is 181 Å². The first-order chi connectivity index (χ1) is 14.8. The average Bonchev–Trinajstić information content (AvgIpc) is 3.33. The van der Waals surface area contributed by atoms with E-state index in [-0.39, 0.29) is 35.0 Å². The summed E-state index contributed by atoms with van der Waals surface area (Å²) in [4.78, 5) is 12.7. The third-order valence-corrected chi connectivity index (χ3v) is 7.23. The molecule has 8 heteroatoms. The summed E-state index contributed by atoms with van der Waals surface area (Å²) >= 11 is 0. The van der Waals surface area contributed by atoms with Crippen LogP contribution < -0.4 is 5.32 Å². The molecule has 1 N–H and O–H groups in total. The van der Waals surface area contributed by atoms with Gasteiger partial charge in [0.25, 0.3) is 5.91 Å². The number of amides is 1. The standard InChI is InChI=1S/C23H24FN3O3S/c1-16-2-6-18(7-3-16)22-14-21(26-27(22)20-11-13-31(29,30)15-20)23(28)25-12-10-17-4-8-19(24)9-5-17/h2-9,14,20H,10-13,15H2,1H3,(H,25,28)/t20-/m1/s1. The number of benzene rings is 2. The molecule has 6 nitrogen and oxygen atoms in total. The lowest BCUT2D eigenvalue weighted by atomic mass is 10.1. The molecule has 0 spiro atoms. The molecule has 1 saturated heterocycles. The minimum Gasteiger partial charge on any atom is -0.350 e. The normalized spacial score (nSPS) is 17.5. The average molecular weight is 442 g/mol. The van der Waals surface area contributed by atoms with Gasteiger partial charge in [-0.3, -0.25) is 9.48 Å². The zero-order valence-electron chi connectivity index (χ0n) is 17.2. The predicted octanol–water partition coefficient (Wildman–Crippen LogP) is 3.33. The van der Waals surface area contributed by atoms with Crippen LogP contribution >= 0.6 is 0 Å². The van der Waals surface area contributed by atoms with Crippen LogP contribution in [0, 0.1) is 12.7 Å². The molecule has 1 aliphatic heterocycles. The van der Waals surface area contributed by atoms with E-state index >= 15 is 0 Å². The van der Waals surface area contributed by atoms with Gasteiger partial charge in [0.05, 0.1) is 23.2 Å². The van der Waals surface area contributed by atoms with Gasteiger partial charge in [-0.05, 0) is 49.1 Å². The van der Waals surface area contributed by atoms with E-state index in [1.54, 1.807) is 22.9 Å². The molecule has 4 rings (SSSR count). The first-order valence-electron chi connectivity index (χ1n) is 10.2. The third kappa shape index (κ3) is 5.02. The number of aryl methyl sites for hydroxylation is 1. The number of carbonyl (C=O) groups excluding carboxylic acids is 1. The highest BCUT2D eigenvalue weighted by molar-refractivity contribution is 7.91. The summed E-state index contributed by atoms with van der Waals surface area (Å²) < 4.78 is 38.7. The highest BCUT2D eigenvalue weighted by atomic mass is 32.2. The van der Waals surface area contributed by atoms with E-state index in [1.165, 1.54) is 12.1 Å².